The summed E-state index contributed by atoms with van der Waals surface area (Å²) in [5.74, 6) is -0.495. The van der Waals surface area contributed by atoms with Crippen molar-refractivity contribution < 1.29 is 13.9 Å². The van der Waals surface area contributed by atoms with Crippen molar-refractivity contribution in [3.8, 4) is 0 Å². The summed E-state index contributed by atoms with van der Waals surface area (Å²) in [4.78, 5) is 16.9. The topological polar surface area (TPSA) is 82.2 Å². The first-order chi connectivity index (χ1) is 13.1. The van der Waals surface area contributed by atoms with E-state index in [2.05, 4.69) is 10.3 Å². The maximum atomic E-state index is 13.3. The minimum atomic E-state index is -0.342. The van der Waals surface area contributed by atoms with Gasteiger partial charge in [0.2, 0.25) is 5.91 Å². The number of ether oxygens (including phenoxy) is 1. The van der Waals surface area contributed by atoms with Crippen molar-refractivity contribution in [3.05, 3.63) is 66.2 Å². The molecule has 1 heterocycles. The molecule has 2 aromatic carbocycles. The normalized spacial score (nSPS) is 12.5. The average molecular weight is 443 g/mol. The fourth-order valence-corrected chi connectivity index (χ4v) is 3.00. The van der Waals surface area contributed by atoms with Gasteiger partial charge in [-0.1, -0.05) is 24.3 Å². The SMILES string of the molecule is COC(CN)CC(=O)NC(Cn1cnc2ccccc21)c1ccc(F)cc1.Cl.Cl. The monoisotopic (exact) mass is 442 g/mol. The lowest BCUT2D eigenvalue weighted by atomic mass is 10.1. The van der Waals surface area contributed by atoms with Gasteiger partial charge in [-0.3, -0.25) is 4.79 Å². The van der Waals surface area contributed by atoms with Crippen molar-refractivity contribution >= 4 is 41.8 Å². The molecule has 0 spiro atoms. The van der Waals surface area contributed by atoms with Crippen LogP contribution in [0.5, 0.6) is 0 Å². The minimum Gasteiger partial charge on any atom is -0.380 e. The molecule has 3 aromatic rings. The van der Waals surface area contributed by atoms with Crippen LogP contribution in [0.25, 0.3) is 11.0 Å². The molecule has 1 amide bonds. The van der Waals surface area contributed by atoms with E-state index in [1.165, 1.54) is 19.2 Å². The first kappa shape index (κ1) is 24.8. The van der Waals surface area contributed by atoms with Gasteiger partial charge in [-0.25, -0.2) is 9.37 Å². The average Bonchev–Trinajstić information content (AvgIpc) is 3.09. The Kier molecular flexibility index (Phi) is 10.0. The minimum absolute atomic E-state index is 0. The van der Waals surface area contributed by atoms with Gasteiger partial charge in [0.1, 0.15) is 5.82 Å². The number of para-hydroxylation sites is 2. The molecular formula is C20H25Cl2FN4O2. The van der Waals surface area contributed by atoms with Crippen LogP contribution in [0.15, 0.2) is 54.9 Å². The first-order valence-electron chi connectivity index (χ1n) is 8.78. The molecular weight excluding hydrogens is 418 g/mol. The molecule has 9 heteroatoms. The standard InChI is InChI=1S/C20H23FN4O2.2ClH/c1-27-16(11-22)10-20(26)24-18(14-6-8-15(21)9-7-14)12-25-13-23-17-4-2-3-5-19(17)25;;/h2-9,13,16,18H,10-12,22H2,1H3,(H,24,26);2*1H. The molecule has 0 radical (unpaired) electrons. The summed E-state index contributed by atoms with van der Waals surface area (Å²) in [6.07, 6.45) is 1.56. The Labute approximate surface area is 181 Å². The van der Waals surface area contributed by atoms with Gasteiger partial charge in [0.05, 0.1) is 35.9 Å². The van der Waals surface area contributed by atoms with Gasteiger partial charge < -0.3 is 20.4 Å². The van der Waals surface area contributed by atoms with Crippen LogP contribution >= 0.6 is 24.8 Å². The number of carbonyl (C=O) groups excluding carboxylic acids is 1. The molecule has 2 unspecified atom stereocenters. The maximum Gasteiger partial charge on any atom is 0.223 e. The second kappa shape index (κ2) is 11.7. The third-order valence-electron chi connectivity index (χ3n) is 4.52. The van der Waals surface area contributed by atoms with Crippen LogP contribution in [0.2, 0.25) is 0 Å². The van der Waals surface area contributed by atoms with E-state index in [4.69, 9.17) is 10.5 Å². The first-order valence-corrected chi connectivity index (χ1v) is 8.78. The van der Waals surface area contributed by atoms with Gasteiger partial charge in [0, 0.05) is 20.2 Å². The van der Waals surface area contributed by atoms with Gasteiger partial charge in [-0.2, -0.15) is 0 Å². The predicted molar refractivity (Wildman–Crippen MR) is 116 cm³/mol. The molecule has 3 N–H and O–H groups in total. The molecule has 6 nitrogen and oxygen atoms in total. The van der Waals surface area contributed by atoms with E-state index >= 15 is 0 Å². The quantitative estimate of drug-likeness (QED) is 0.560. The number of hydrogen-bond acceptors (Lipinski definition) is 4. The number of rotatable bonds is 8. The summed E-state index contributed by atoms with van der Waals surface area (Å²) in [5.41, 5.74) is 8.26. The molecule has 0 aliphatic rings. The maximum absolute atomic E-state index is 13.3. The van der Waals surface area contributed by atoms with Crippen LogP contribution in [-0.2, 0) is 16.1 Å². The van der Waals surface area contributed by atoms with E-state index in [1.54, 1.807) is 18.5 Å². The van der Waals surface area contributed by atoms with Gasteiger partial charge in [0.25, 0.3) is 0 Å². The van der Waals surface area contributed by atoms with E-state index in [1.807, 2.05) is 28.8 Å². The number of nitrogens with one attached hydrogen (secondary N) is 1. The van der Waals surface area contributed by atoms with Crippen LogP contribution in [-0.4, -0.2) is 35.2 Å². The highest BCUT2D eigenvalue weighted by molar-refractivity contribution is 5.85. The number of hydrogen-bond donors (Lipinski definition) is 2. The highest BCUT2D eigenvalue weighted by atomic mass is 35.5. The van der Waals surface area contributed by atoms with Crippen molar-refractivity contribution in [3.63, 3.8) is 0 Å². The summed E-state index contributed by atoms with van der Waals surface area (Å²) in [6, 6.07) is 13.6. The van der Waals surface area contributed by atoms with E-state index in [0.29, 0.717) is 6.54 Å². The van der Waals surface area contributed by atoms with Gasteiger partial charge >= 0.3 is 0 Å². The number of carbonyl (C=O) groups is 1. The van der Waals surface area contributed by atoms with Crippen molar-refractivity contribution in [1.29, 1.82) is 0 Å². The van der Waals surface area contributed by atoms with E-state index in [9.17, 15) is 9.18 Å². The summed E-state index contributed by atoms with van der Waals surface area (Å²) in [5, 5.41) is 3.01. The Morgan fingerprint density at radius 1 is 1.21 bits per heavy atom. The fourth-order valence-electron chi connectivity index (χ4n) is 3.00. The second-order valence-corrected chi connectivity index (χ2v) is 6.35. The van der Waals surface area contributed by atoms with Crippen LogP contribution in [0, 0.1) is 5.82 Å². The Morgan fingerprint density at radius 2 is 1.90 bits per heavy atom. The Morgan fingerprint density at radius 3 is 2.55 bits per heavy atom. The van der Waals surface area contributed by atoms with E-state index < -0.39 is 0 Å². The highest BCUT2D eigenvalue weighted by Gasteiger charge is 2.19. The molecule has 0 bridgehead atoms. The lowest BCUT2D eigenvalue weighted by Crippen LogP contribution is -2.36. The van der Waals surface area contributed by atoms with Crippen molar-refractivity contribution in [1.82, 2.24) is 14.9 Å². The third kappa shape index (κ3) is 6.40. The zero-order valence-electron chi connectivity index (χ0n) is 16.0. The zero-order valence-corrected chi connectivity index (χ0v) is 17.6. The summed E-state index contributed by atoms with van der Waals surface area (Å²) >= 11 is 0. The smallest absolute Gasteiger partial charge is 0.223 e. The molecule has 0 saturated carbocycles. The molecule has 29 heavy (non-hydrogen) atoms. The molecule has 0 fully saturated rings. The molecule has 1 aromatic heterocycles. The third-order valence-corrected chi connectivity index (χ3v) is 4.52. The molecule has 3 rings (SSSR count). The van der Waals surface area contributed by atoms with Gasteiger partial charge in [0.15, 0.2) is 0 Å². The van der Waals surface area contributed by atoms with Crippen molar-refractivity contribution in [2.24, 2.45) is 5.73 Å². The lowest BCUT2D eigenvalue weighted by molar-refractivity contribution is -0.124. The number of aromatic nitrogens is 2. The molecule has 0 aliphatic heterocycles. The van der Waals surface area contributed by atoms with Crippen LogP contribution in [0.1, 0.15) is 18.0 Å². The number of imidazole rings is 1. The lowest BCUT2D eigenvalue weighted by Gasteiger charge is -2.22. The van der Waals surface area contributed by atoms with Crippen LogP contribution in [0.4, 0.5) is 4.39 Å². The second-order valence-electron chi connectivity index (χ2n) is 6.35. The number of methoxy groups -OCH3 is 1. The number of nitrogens with zero attached hydrogens (tertiary/aromatic N) is 2. The molecule has 0 aliphatic carbocycles. The fraction of sp³-hybridized carbons (Fsp3) is 0.300. The Hall–Kier alpha value is -2.19. The van der Waals surface area contributed by atoms with Crippen LogP contribution < -0.4 is 11.1 Å². The van der Waals surface area contributed by atoms with E-state index in [-0.39, 0.29) is 61.6 Å². The molecule has 158 valence electrons. The Bertz CT molecular complexity index is 901. The number of amides is 1. The summed E-state index contributed by atoms with van der Waals surface area (Å²) < 4.78 is 20.5. The largest absolute Gasteiger partial charge is 0.380 e. The highest BCUT2D eigenvalue weighted by Crippen LogP contribution is 2.20. The number of benzene rings is 2. The summed E-state index contributed by atoms with van der Waals surface area (Å²) in [7, 11) is 1.53. The predicted octanol–water partition coefficient (Wildman–Crippen LogP) is 3.24. The van der Waals surface area contributed by atoms with E-state index in [0.717, 1.165) is 16.6 Å². The Balaban J connectivity index is 0.00000210. The molecule has 2 atom stereocenters. The molecule has 0 saturated heterocycles. The van der Waals surface area contributed by atoms with Gasteiger partial charge in [-0.15, -0.1) is 24.8 Å². The zero-order chi connectivity index (χ0) is 19.2. The number of nitrogens with two attached hydrogens (primary N) is 1. The number of fused-ring (bicyclic) bond motifs is 1. The van der Waals surface area contributed by atoms with Crippen molar-refractivity contribution in [2.45, 2.75) is 25.1 Å². The van der Waals surface area contributed by atoms with Gasteiger partial charge in [-0.05, 0) is 29.8 Å². The van der Waals surface area contributed by atoms with Crippen molar-refractivity contribution in [2.75, 3.05) is 13.7 Å². The number of halogens is 3. The van der Waals surface area contributed by atoms with Crippen LogP contribution in [0.3, 0.4) is 0 Å². The summed E-state index contributed by atoms with van der Waals surface area (Å²) in [6.45, 7) is 0.732.